The van der Waals surface area contributed by atoms with E-state index in [4.69, 9.17) is 15.5 Å². The van der Waals surface area contributed by atoms with Crippen LogP contribution in [0, 0.1) is 17.2 Å². The molecule has 1 heterocycles. The smallest absolute Gasteiger partial charge is 0.410 e. The molecule has 1 fully saturated rings. The quantitative estimate of drug-likeness (QED) is 0.621. The number of piperidine rings is 1. The van der Waals surface area contributed by atoms with Crippen molar-refractivity contribution in [2.75, 3.05) is 13.0 Å². The Morgan fingerprint density at radius 2 is 2.07 bits per heavy atom. The highest BCUT2D eigenvalue weighted by Crippen LogP contribution is 2.18. The van der Waals surface area contributed by atoms with Crippen molar-refractivity contribution in [1.82, 2.24) is 4.90 Å². The van der Waals surface area contributed by atoms with Crippen LogP contribution in [0.2, 0.25) is 0 Å². The van der Waals surface area contributed by atoms with E-state index < -0.39 is 30.6 Å². The van der Waals surface area contributed by atoms with Crippen molar-refractivity contribution in [2.24, 2.45) is 5.92 Å². The van der Waals surface area contributed by atoms with Crippen LogP contribution in [0.3, 0.4) is 0 Å². The van der Waals surface area contributed by atoms with Gasteiger partial charge in [-0.05, 0) is 33.6 Å². The third kappa shape index (κ3) is 3.78. The first-order valence-corrected chi connectivity index (χ1v) is 4.82. The molecule has 1 rings (SSSR count). The maximum atomic E-state index is 12.0. The highest BCUT2D eigenvalue weighted by Gasteiger charge is 2.26. The third-order valence-electron chi connectivity index (χ3n) is 1.75. The van der Waals surface area contributed by atoms with Crippen molar-refractivity contribution >= 4 is 6.09 Å². The van der Waals surface area contributed by atoms with Gasteiger partial charge >= 0.3 is 6.09 Å². The monoisotopic (exact) mass is 214 g/mol. The van der Waals surface area contributed by atoms with Crippen LogP contribution in [0.15, 0.2) is 0 Å². The van der Waals surface area contributed by atoms with E-state index in [1.165, 1.54) is 0 Å². The van der Waals surface area contributed by atoms with E-state index >= 15 is 0 Å². The van der Waals surface area contributed by atoms with Gasteiger partial charge in [-0.25, -0.2) is 4.79 Å². The normalized spacial score (nSPS) is 29.1. The summed E-state index contributed by atoms with van der Waals surface area (Å²) in [7, 11) is 0. The molecule has 0 aromatic carbocycles. The Hall–Kier alpha value is -1.24. The van der Waals surface area contributed by atoms with Crippen LogP contribution in [-0.2, 0) is 4.74 Å². The summed E-state index contributed by atoms with van der Waals surface area (Å²) in [6.45, 7) is 0.378. The van der Waals surface area contributed by atoms with Gasteiger partial charge in [-0.1, -0.05) is 0 Å². The predicted molar refractivity (Wildman–Crippen MR) is 56.1 cm³/mol. The largest absolute Gasteiger partial charge is 0.444 e. The minimum Gasteiger partial charge on any atom is -0.444 e. The number of amides is 1. The molecule has 84 valence electrons. The Labute approximate surface area is 96.4 Å². The van der Waals surface area contributed by atoms with Crippen LogP contribution < -0.4 is 0 Å². The number of rotatable bonds is 0. The van der Waals surface area contributed by atoms with Gasteiger partial charge in [-0.2, -0.15) is 5.26 Å². The maximum absolute atomic E-state index is 12.0. The molecule has 0 radical (unpaired) electrons. The molecular weight excluding hydrogens is 192 g/mol. The summed E-state index contributed by atoms with van der Waals surface area (Å²) in [6.07, 6.45) is -1.48. The van der Waals surface area contributed by atoms with Gasteiger partial charge in [-0.3, -0.25) is 0 Å². The fourth-order valence-electron chi connectivity index (χ4n) is 1.06. The maximum Gasteiger partial charge on any atom is 0.410 e. The van der Waals surface area contributed by atoms with Crippen LogP contribution in [0.1, 0.15) is 39.1 Å². The number of carbonyl (C=O) groups is 1. The van der Waals surface area contributed by atoms with Crippen molar-refractivity contribution in [2.45, 2.75) is 39.2 Å². The predicted octanol–water partition coefficient (Wildman–Crippen LogP) is 2.16. The van der Waals surface area contributed by atoms with E-state index in [1.807, 2.05) is 6.07 Å². The van der Waals surface area contributed by atoms with Crippen LogP contribution in [0.5, 0.6) is 0 Å². The summed E-state index contributed by atoms with van der Waals surface area (Å²) in [5.74, 6) is -0.760. The molecule has 0 aromatic rings. The fourth-order valence-corrected chi connectivity index (χ4v) is 1.06. The molecule has 0 spiro atoms. The molecule has 1 aliphatic heterocycles. The minimum atomic E-state index is -2.25. The second-order valence-electron chi connectivity index (χ2n) is 4.37. The molecule has 0 saturated carbocycles. The van der Waals surface area contributed by atoms with Gasteiger partial charge in [0.25, 0.3) is 0 Å². The first-order valence-electron chi connectivity index (χ1n) is 6.82. The van der Waals surface area contributed by atoms with E-state index in [2.05, 4.69) is 0 Å². The average Bonchev–Trinajstić information content (AvgIpc) is 2.09. The molecule has 0 N–H and O–H groups in total. The van der Waals surface area contributed by atoms with Crippen molar-refractivity contribution < 1.29 is 15.0 Å². The summed E-state index contributed by atoms with van der Waals surface area (Å²) < 4.78 is 36.3. The summed E-state index contributed by atoms with van der Waals surface area (Å²) in [5, 5.41) is 8.85. The van der Waals surface area contributed by atoms with Crippen molar-refractivity contribution in [3.8, 4) is 6.07 Å². The number of carbonyl (C=O) groups excluding carboxylic acids is 1. The molecule has 1 aliphatic rings. The number of hydrogen-bond acceptors (Lipinski definition) is 3. The average molecular weight is 214 g/mol. The van der Waals surface area contributed by atoms with E-state index in [9.17, 15) is 4.79 Å². The van der Waals surface area contributed by atoms with Gasteiger partial charge in [0.15, 0.2) is 0 Å². The molecule has 4 heteroatoms. The minimum absolute atomic E-state index is 0.220. The molecule has 0 unspecified atom stereocenters. The highest BCUT2D eigenvalue weighted by atomic mass is 16.6. The van der Waals surface area contributed by atoms with Gasteiger partial charge in [0.2, 0.25) is 0 Å². The first-order chi connectivity index (χ1) is 8.39. The molecule has 0 aromatic heterocycles. The molecule has 1 amide bonds. The zero-order valence-corrected chi connectivity index (χ0v) is 9.20. The lowest BCUT2D eigenvalue weighted by Crippen LogP contribution is -2.41. The Balaban J connectivity index is 3.04. The van der Waals surface area contributed by atoms with Gasteiger partial charge < -0.3 is 9.64 Å². The summed E-state index contributed by atoms with van der Waals surface area (Å²) in [4.78, 5) is 12.5. The molecular formula is C11H18N2O2. The zero-order chi connectivity index (χ0) is 15.1. The Morgan fingerprint density at radius 3 is 2.47 bits per heavy atom. The molecule has 4 nitrogen and oxygen atoms in total. The van der Waals surface area contributed by atoms with Gasteiger partial charge in [0, 0.05) is 24.4 Å². The molecule has 0 bridgehead atoms. The van der Waals surface area contributed by atoms with E-state index in [0.29, 0.717) is 4.90 Å². The molecule has 1 saturated heterocycles. The van der Waals surface area contributed by atoms with Gasteiger partial charge in [-0.15, -0.1) is 0 Å². The number of hydrogen-bond donors (Lipinski definition) is 0. The number of nitriles is 1. The summed E-state index contributed by atoms with van der Waals surface area (Å²) >= 11 is 0. The van der Waals surface area contributed by atoms with Crippen molar-refractivity contribution in [3.05, 3.63) is 0 Å². The van der Waals surface area contributed by atoms with Gasteiger partial charge in [0.05, 0.1) is 6.07 Å². The summed E-state index contributed by atoms with van der Waals surface area (Å²) in [6, 6.07) is 1.86. The van der Waals surface area contributed by atoms with Gasteiger partial charge in [0.1, 0.15) is 5.60 Å². The lowest BCUT2D eigenvalue weighted by Gasteiger charge is -2.31. The van der Waals surface area contributed by atoms with Crippen LogP contribution >= 0.6 is 0 Å². The number of nitrogens with zero attached hydrogens (tertiary/aromatic N) is 2. The Bertz CT molecular complexity index is 394. The number of likely N-dealkylation sites (tertiary alicyclic amines) is 1. The fraction of sp³-hybridized carbons (Fsp3) is 0.818. The topological polar surface area (TPSA) is 53.3 Å². The highest BCUT2D eigenvalue weighted by molar-refractivity contribution is 5.68. The van der Waals surface area contributed by atoms with Crippen molar-refractivity contribution in [3.63, 3.8) is 0 Å². The van der Waals surface area contributed by atoms with Crippen LogP contribution in [0.25, 0.3) is 0 Å². The molecule has 0 aliphatic carbocycles. The summed E-state index contributed by atoms with van der Waals surface area (Å²) in [5.41, 5.74) is -0.838. The van der Waals surface area contributed by atoms with Crippen LogP contribution in [-0.4, -0.2) is 29.6 Å². The first kappa shape index (κ1) is 7.10. The number of ether oxygens (including phenoxy) is 1. The Kier molecular flexibility index (Phi) is 2.14. The second kappa shape index (κ2) is 4.52. The molecule has 15 heavy (non-hydrogen) atoms. The third-order valence-corrected chi connectivity index (χ3v) is 1.75. The Morgan fingerprint density at radius 1 is 1.53 bits per heavy atom. The van der Waals surface area contributed by atoms with Crippen molar-refractivity contribution in [1.29, 1.82) is 5.26 Å². The van der Waals surface area contributed by atoms with E-state index in [-0.39, 0.29) is 12.8 Å². The standard InChI is InChI=1S/C11H18N2O2/c1-11(2,3)15-10(14)13-6-4-9(8-12)5-7-13/h9H,4-7H2,1-3H3/i6D2,7D2. The van der Waals surface area contributed by atoms with E-state index in [1.54, 1.807) is 20.8 Å². The second-order valence-corrected chi connectivity index (χ2v) is 4.37. The molecule has 0 atom stereocenters. The lowest BCUT2D eigenvalue weighted by molar-refractivity contribution is 0.0199. The zero-order valence-electron chi connectivity index (χ0n) is 13.2. The SMILES string of the molecule is [2H]C1([2H])CC(C#N)CC([2H])([2H])N1C(=O)OC(C)(C)C. The van der Waals surface area contributed by atoms with E-state index in [0.717, 1.165) is 0 Å². The van der Waals surface area contributed by atoms with Crippen LogP contribution in [0.4, 0.5) is 4.79 Å². The lowest BCUT2D eigenvalue weighted by atomic mass is 9.99.